The van der Waals surface area contributed by atoms with Gasteiger partial charge in [0, 0.05) is 0 Å². The van der Waals surface area contributed by atoms with Gasteiger partial charge in [0.05, 0.1) is 12.7 Å². The highest BCUT2D eigenvalue weighted by molar-refractivity contribution is 5.47. The van der Waals surface area contributed by atoms with Gasteiger partial charge >= 0.3 is 0 Å². The monoisotopic (exact) mass is 234 g/mol. The molecule has 94 valence electrons. The molecule has 1 aromatic rings. The second-order valence-electron chi connectivity index (χ2n) is 4.80. The molecule has 2 nitrogen and oxygen atoms in total. The minimum atomic E-state index is -0.557. The molecule has 17 heavy (non-hydrogen) atoms. The van der Waals surface area contributed by atoms with E-state index in [9.17, 15) is 0 Å². The molecule has 0 radical (unpaired) electrons. The third-order valence-corrected chi connectivity index (χ3v) is 2.29. The minimum absolute atomic E-state index is 0.157. The van der Waals surface area contributed by atoms with Crippen LogP contribution in [0.4, 0.5) is 0 Å². The molecule has 1 rings (SSSR count). The molecule has 0 aromatic heterocycles. The summed E-state index contributed by atoms with van der Waals surface area (Å²) in [7, 11) is 0. The number of hydrogen-bond acceptors (Lipinski definition) is 2. The SMILES string of the molecule is C=Cc1cccc(COC(C)(C)OC(C)C)c1. The van der Waals surface area contributed by atoms with Crippen molar-refractivity contribution in [1.82, 2.24) is 0 Å². The summed E-state index contributed by atoms with van der Waals surface area (Å²) in [6.07, 6.45) is 1.99. The Morgan fingerprint density at radius 1 is 1.35 bits per heavy atom. The summed E-state index contributed by atoms with van der Waals surface area (Å²) in [5, 5.41) is 0. The van der Waals surface area contributed by atoms with Gasteiger partial charge in [-0.3, -0.25) is 0 Å². The molecule has 1 aromatic carbocycles. The van der Waals surface area contributed by atoms with Crippen LogP contribution in [0, 0.1) is 0 Å². The molecule has 0 unspecified atom stereocenters. The molecule has 0 aliphatic carbocycles. The normalized spacial score (nSPS) is 11.8. The number of rotatable bonds is 6. The molecule has 2 heteroatoms. The van der Waals surface area contributed by atoms with Gasteiger partial charge in [-0.1, -0.05) is 30.9 Å². The first-order valence-corrected chi connectivity index (χ1v) is 5.96. The Kier molecular flexibility index (Phi) is 4.91. The second kappa shape index (κ2) is 5.99. The minimum Gasteiger partial charge on any atom is -0.348 e. The van der Waals surface area contributed by atoms with Crippen molar-refractivity contribution in [2.75, 3.05) is 0 Å². The highest BCUT2D eigenvalue weighted by Crippen LogP contribution is 2.17. The molecule has 0 atom stereocenters. The lowest BCUT2D eigenvalue weighted by Crippen LogP contribution is -2.31. The van der Waals surface area contributed by atoms with Crippen LogP contribution < -0.4 is 0 Å². The van der Waals surface area contributed by atoms with Gasteiger partial charge in [0.15, 0.2) is 5.79 Å². The maximum atomic E-state index is 5.77. The van der Waals surface area contributed by atoms with Gasteiger partial charge in [-0.05, 0) is 44.9 Å². The van der Waals surface area contributed by atoms with E-state index in [2.05, 4.69) is 12.6 Å². The fourth-order valence-electron chi connectivity index (χ4n) is 1.67. The maximum Gasteiger partial charge on any atom is 0.163 e. The van der Waals surface area contributed by atoms with Crippen molar-refractivity contribution < 1.29 is 9.47 Å². The first-order valence-electron chi connectivity index (χ1n) is 5.96. The fraction of sp³-hybridized carbons (Fsp3) is 0.467. The van der Waals surface area contributed by atoms with Crippen LogP contribution in [0.2, 0.25) is 0 Å². The number of ether oxygens (including phenoxy) is 2. The molecule has 0 aliphatic rings. The van der Waals surface area contributed by atoms with Crippen molar-refractivity contribution >= 4 is 6.08 Å². The van der Waals surface area contributed by atoms with Gasteiger partial charge in [0.2, 0.25) is 0 Å². The topological polar surface area (TPSA) is 18.5 Å². The van der Waals surface area contributed by atoms with E-state index in [0.29, 0.717) is 6.61 Å². The lowest BCUT2D eigenvalue weighted by molar-refractivity contribution is -0.236. The van der Waals surface area contributed by atoms with E-state index in [1.807, 2.05) is 52.0 Å². The van der Waals surface area contributed by atoms with E-state index in [0.717, 1.165) is 11.1 Å². The Morgan fingerprint density at radius 2 is 2.06 bits per heavy atom. The molecule has 0 heterocycles. The van der Waals surface area contributed by atoms with Crippen molar-refractivity contribution in [2.45, 2.75) is 46.2 Å². The highest BCUT2D eigenvalue weighted by atomic mass is 16.7. The van der Waals surface area contributed by atoms with Crippen LogP contribution in [0.25, 0.3) is 6.08 Å². The van der Waals surface area contributed by atoms with Crippen LogP contribution in [0.15, 0.2) is 30.8 Å². The van der Waals surface area contributed by atoms with Crippen LogP contribution in [0.1, 0.15) is 38.8 Å². The summed E-state index contributed by atoms with van der Waals surface area (Å²) in [4.78, 5) is 0. The molecule has 0 saturated carbocycles. The van der Waals surface area contributed by atoms with Gasteiger partial charge < -0.3 is 9.47 Å². The molecule has 0 spiro atoms. The van der Waals surface area contributed by atoms with E-state index < -0.39 is 5.79 Å². The third kappa shape index (κ3) is 5.16. The number of benzene rings is 1. The van der Waals surface area contributed by atoms with Gasteiger partial charge in [-0.25, -0.2) is 0 Å². The molecule has 0 fully saturated rings. The van der Waals surface area contributed by atoms with Gasteiger partial charge in [-0.2, -0.15) is 0 Å². The zero-order valence-corrected chi connectivity index (χ0v) is 11.2. The molecular weight excluding hydrogens is 212 g/mol. The van der Waals surface area contributed by atoms with Gasteiger partial charge in [0.25, 0.3) is 0 Å². The van der Waals surface area contributed by atoms with Crippen LogP contribution >= 0.6 is 0 Å². The summed E-state index contributed by atoms with van der Waals surface area (Å²) in [5.74, 6) is -0.557. The van der Waals surface area contributed by atoms with Crippen LogP contribution in [0.5, 0.6) is 0 Å². The zero-order valence-electron chi connectivity index (χ0n) is 11.2. The molecule has 0 amide bonds. The first kappa shape index (κ1) is 13.9. The van der Waals surface area contributed by atoms with Crippen molar-refractivity contribution in [1.29, 1.82) is 0 Å². The maximum absolute atomic E-state index is 5.77. The summed E-state index contributed by atoms with van der Waals surface area (Å²) >= 11 is 0. The van der Waals surface area contributed by atoms with Crippen LogP contribution in [-0.2, 0) is 16.1 Å². The van der Waals surface area contributed by atoms with E-state index in [-0.39, 0.29) is 6.10 Å². The second-order valence-corrected chi connectivity index (χ2v) is 4.80. The predicted octanol–water partition coefficient (Wildman–Crippen LogP) is 4.01. The Balaban J connectivity index is 2.57. The third-order valence-electron chi connectivity index (χ3n) is 2.29. The summed E-state index contributed by atoms with van der Waals surface area (Å²) in [6.45, 7) is 12.2. The first-order chi connectivity index (χ1) is 7.93. The zero-order chi connectivity index (χ0) is 12.9. The van der Waals surface area contributed by atoms with Gasteiger partial charge in [0.1, 0.15) is 0 Å². The standard InChI is InChI=1S/C15H22O2/c1-6-13-8-7-9-14(10-13)11-16-15(4,5)17-12(2)3/h6-10,12H,1,11H2,2-5H3. The van der Waals surface area contributed by atoms with Crippen LogP contribution in [0.3, 0.4) is 0 Å². The van der Waals surface area contributed by atoms with Crippen molar-refractivity contribution in [2.24, 2.45) is 0 Å². The molecular formula is C15H22O2. The van der Waals surface area contributed by atoms with E-state index in [1.54, 1.807) is 0 Å². The smallest absolute Gasteiger partial charge is 0.163 e. The van der Waals surface area contributed by atoms with E-state index in [4.69, 9.17) is 9.47 Å². The van der Waals surface area contributed by atoms with E-state index >= 15 is 0 Å². The number of hydrogen-bond donors (Lipinski definition) is 0. The largest absolute Gasteiger partial charge is 0.348 e. The molecule has 0 saturated heterocycles. The van der Waals surface area contributed by atoms with Crippen molar-refractivity contribution in [3.8, 4) is 0 Å². The van der Waals surface area contributed by atoms with Gasteiger partial charge in [-0.15, -0.1) is 0 Å². The molecule has 0 N–H and O–H groups in total. The summed E-state index contributed by atoms with van der Waals surface area (Å²) in [6, 6.07) is 8.13. The highest BCUT2D eigenvalue weighted by Gasteiger charge is 2.20. The van der Waals surface area contributed by atoms with E-state index in [1.165, 1.54) is 0 Å². The Labute approximate surface area is 104 Å². The molecule has 0 aliphatic heterocycles. The quantitative estimate of drug-likeness (QED) is 0.692. The lowest BCUT2D eigenvalue weighted by Gasteiger charge is -2.28. The Hall–Kier alpha value is -1.12. The summed E-state index contributed by atoms with van der Waals surface area (Å²) < 4.78 is 11.4. The van der Waals surface area contributed by atoms with Crippen molar-refractivity contribution in [3.05, 3.63) is 42.0 Å². The average Bonchev–Trinajstić information content (AvgIpc) is 2.25. The molecule has 0 bridgehead atoms. The fourth-order valence-corrected chi connectivity index (χ4v) is 1.67. The average molecular weight is 234 g/mol. The lowest BCUT2D eigenvalue weighted by atomic mass is 10.1. The predicted molar refractivity (Wildman–Crippen MR) is 71.6 cm³/mol. The summed E-state index contributed by atoms with van der Waals surface area (Å²) in [5.41, 5.74) is 2.23. The van der Waals surface area contributed by atoms with Crippen molar-refractivity contribution in [3.63, 3.8) is 0 Å². The van der Waals surface area contributed by atoms with Crippen LogP contribution in [-0.4, -0.2) is 11.9 Å². The Morgan fingerprint density at radius 3 is 2.65 bits per heavy atom. The Bertz CT molecular complexity index is 367.